The summed E-state index contributed by atoms with van der Waals surface area (Å²) in [6, 6.07) is 42.5. The van der Waals surface area contributed by atoms with Gasteiger partial charge in [-0.2, -0.15) is 0 Å². The molecule has 0 amide bonds. The minimum absolute atomic E-state index is 0. The number of para-hydroxylation sites is 1. The molecule has 6 aromatic rings. The standard InChI is InChI=1S/C38H36FN2O3PS2.BH3/c1-38(2,27-26-29-22-24-30(39)25-23-29)46(42)40-37-34-20-12-13-21-35(34)41(47(43,44)33-18-10-5-11-19-33)36(37)28-45(31-14-6-3-7-15-31)32-16-8-4-9-17-32;/h3-25,40H,26-28H2,1-2H3;1H3. The summed E-state index contributed by atoms with van der Waals surface area (Å²) in [6.45, 7) is 3.86. The van der Waals surface area contributed by atoms with Crippen LogP contribution in [-0.2, 0) is 34.0 Å². The van der Waals surface area contributed by atoms with Crippen molar-refractivity contribution in [2.75, 3.05) is 4.72 Å². The van der Waals surface area contributed by atoms with Crippen LogP contribution < -0.4 is 15.3 Å². The van der Waals surface area contributed by atoms with Gasteiger partial charge < -0.3 is 4.55 Å². The predicted molar refractivity (Wildman–Crippen MR) is 204 cm³/mol. The number of aromatic nitrogens is 1. The second-order valence-corrected chi connectivity index (χ2v) is 17.8. The molecule has 0 saturated carbocycles. The lowest BCUT2D eigenvalue weighted by molar-refractivity contribution is 0.531. The number of hydrogen-bond donors (Lipinski definition) is 1. The summed E-state index contributed by atoms with van der Waals surface area (Å²) in [5, 5.41) is 2.89. The van der Waals surface area contributed by atoms with Crippen molar-refractivity contribution in [3.05, 3.63) is 157 Å². The normalized spacial score (nSPS) is 12.5. The number of nitrogens with zero attached hydrogens (tertiary/aromatic N) is 1. The highest BCUT2D eigenvalue weighted by atomic mass is 32.2. The van der Waals surface area contributed by atoms with Crippen molar-refractivity contribution in [3.63, 3.8) is 0 Å². The average molecular weight is 697 g/mol. The van der Waals surface area contributed by atoms with Gasteiger partial charge in [-0.3, -0.25) is 0 Å². The van der Waals surface area contributed by atoms with E-state index in [2.05, 4.69) is 29.0 Å². The lowest BCUT2D eigenvalue weighted by Gasteiger charge is -2.29. The maximum absolute atomic E-state index is 14.5. The molecule has 0 aliphatic carbocycles. The van der Waals surface area contributed by atoms with E-state index in [-0.39, 0.29) is 19.1 Å². The molecule has 1 aromatic heterocycles. The summed E-state index contributed by atoms with van der Waals surface area (Å²) in [6.07, 6.45) is 1.57. The minimum Gasteiger partial charge on any atom is -0.593 e. The highest BCUT2D eigenvalue weighted by Gasteiger charge is 2.36. The van der Waals surface area contributed by atoms with Crippen LogP contribution in [0.3, 0.4) is 0 Å². The van der Waals surface area contributed by atoms with Crippen LogP contribution in [0, 0.1) is 5.82 Å². The highest BCUT2D eigenvalue weighted by molar-refractivity contribution is 7.94. The molecule has 0 aliphatic rings. The van der Waals surface area contributed by atoms with Crippen molar-refractivity contribution in [2.45, 2.75) is 42.5 Å². The van der Waals surface area contributed by atoms with Gasteiger partial charge in [-0.25, -0.2) is 21.5 Å². The summed E-state index contributed by atoms with van der Waals surface area (Å²) >= 11 is -1.61. The summed E-state index contributed by atoms with van der Waals surface area (Å²) in [5.74, 6) is -0.293. The maximum atomic E-state index is 14.5. The fraction of sp³-hybridized carbons (Fsp3) is 0.158. The van der Waals surface area contributed by atoms with E-state index in [9.17, 15) is 17.4 Å². The van der Waals surface area contributed by atoms with Crippen LogP contribution in [0.1, 0.15) is 31.5 Å². The van der Waals surface area contributed by atoms with E-state index in [1.165, 1.54) is 16.1 Å². The second kappa shape index (κ2) is 15.1. The van der Waals surface area contributed by atoms with Gasteiger partial charge in [-0.05, 0) is 74.7 Å². The molecular weight excluding hydrogens is 657 g/mol. The zero-order valence-electron chi connectivity index (χ0n) is 26.2. The van der Waals surface area contributed by atoms with Crippen LogP contribution in [0.5, 0.6) is 0 Å². The number of halogens is 1. The van der Waals surface area contributed by atoms with Gasteiger partial charge in [0.05, 0.1) is 35.9 Å². The number of rotatable bonds is 12. The van der Waals surface area contributed by atoms with E-state index in [4.69, 9.17) is 0 Å². The van der Waals surface area contributed by atoms with Gasteiger partial charge in [0.2, 0.25) is 0 Å². The number of aryl methyl sites for hydroxylation is 1. The molecule has 6 rings (SSSR count). The Morgan fingerprint density at radius 3 is 1.88 bits per heavy atom. The molecule has 0 spiro atoms. The molecule has 0 radical (unpaired) electrons. The Bertz CT molecular complexity index is 2020. The fourth-order valence-corrected chi connectivity index (χ4v) is 10.6. The number of hydrogen-bond acceptors (Lipinski definition) is 4. The van der Waals surface area contributed by atoms with E-state index < -0.39 is 34.1 Å². The van der Waals surface area contributed by atoms with Crippen LogP contribution in [0.2, 0.25) is 0 Å². The summed E-state index contributed by atoms with van der Waals surface area (Å²) in [5.41, 5.74) is 2.58. The number of anilines is 1. The van der Waals surface area contributed by atoms with Crippen LogP contribution in [0.25, 0.3) is 10.9 Å². The largest absolute Gasteiger partial charge is 0.593 e. The first-order chi connectivity index (χ1) is 22.6. The summed E-state index contributed by atoms with van der Waals surface area (Å²) in [4.78, 5) is 0.179. The van der Waals surface area contributed by atoms with Gasteiger partial charge >= 0.3 is 0 Å². The Balaban J connectivity index is 0.00000451. The third-order valence-corrected chi connectivity index (χ3v) is 14.1. The average Bonchev–Trinajstić information content (AvgIpc) is 3.41. The van der Waals surface area contributed by atoms with Gasteiger partial charge in [-0.15, -0.1) is 0 Å². The van der Waals surface area contributed by atoms with Crippen molar-refractivity contribution >= 4 is 64.9 Å². The topological polar surface area (TPSA) is 74.2 Å². The zero-order chi connectivity index (χ0) is 33.0. The van der Waals surface area contributed by atoms with E-state index in [0.717, 1.165) is 16.2 Å². The molecule has 48 heavy (non-hydrogen) atoms. The molecule has 5 nitrogen and oxygen atoms in total. The zero-order valence-corrected chi connectivity index (χ0v) is 28.7. The Morgan fingerprint density at radius 1 is 0.771 bits per heavy atom. The Hall–Kier alpha value is -3.88. The van der Waals surface area contributed by atoms with E-state index in [1.807, 2.05) is 68.4 Å². The molecule has 1 heterocycles. The summed E-state index contributed by atoms with van der Waals surface area (Å²) < 4.78 is 60.9. The molecule has 0 aliphatic heterocycles. The quantitative estimate of drug-likeness (QED) is 0.0854. The van der Waals surface area contributed by atoms with Crippen molar-refractivity contribution in [3.8, 4) is 0 Å². The molecule has 5 aromatic carbocycles. The molecule has 0 saturated heterocycles. The van der Waals surface area contributed by atoms with Crippen molar-refractivity contribution in [2.24, 2.45) is 0 Å². The SMILES string of the molecule is B.CC(C)(CCc1ccc(F)cc1)[S+]([O-])Nc1c(CP(c2ccccc2)c2ccccc2)n(S(=O)(=O)c2ccccc2)c2ccccc12. The Labute approximate surface area is 288 Å². The van der Waals surface area contributed by atoms with Gasteiger partial charge in [0, 0.05) is 18.0 Å². The second-order valence-electron chi connectivity index (χ2n) is 11.9. The van der Waals surface area contributed by atoms with Gasteiger partial charge in [0.1, 0.15) is 16.3 Å². The minimum atomic E-state index is -4.05. The van der Waals surface area contributed by atoms with Crippen LogP contribution in [0.15, 0.2) is 144 Å². The van der Waals surface area contributed by atoms with Crippen molar-refractivity contribution < 1.29 is 17.4 Å². The van der Waals surface area contributed by atoms with Gasteiger partial charge in [0.25, 0.3) is 10.0 Å². The van der Waals surface area contributed by atoms with Crippen LogP contribution >= 0.6 is 7.92 Å². The molecule has 246 valence electrons. The first kappa shape index (κ1) is 35.4. The van der Waals surface area contributed by atoms with Crippen LogP contribution in [0.4, 0.5) is 10.1 Å². The lowest BCUT2D eigenvalue weighted by atomic mass is 10.0. The molecular formula is C38H39BFN2O3PS2. The molecule has 0 bridgehead atoms. The molecule has 10 heteroatoms. The predicted octanol–water partition coefficient (Wildman–Crippen LogP) is 6.95. The van der Waals surface area contributed by atoms with Crippen LogP contribution in [-0.4, -0.2) is 30.1 Å². The molecule has 1 N–H and O–H groups in total. The number of benzene rings is 5. The third kappa shape index (κ3) is 7.55. The molecule has 0 fully saturated rings. The molecule has 1 atom stereocenters. The smallest absolute Gasteiger partial charge is 0.268 e. The number of fused-ring (bicyclic) bond motifs is 1. The fourth-order valence-electron chi connectivity index (χ4n) is 5.61. The Kier molecular flexibility index (Phi) is 11.2. The maximum Gasteiger partial charge on any atom is 0.268 e. The summed E-state index contributed by atoms with van der Waals surface area (Å²) in [7, 11) is -5.11. The van der Waals surface area contributed by atoms with Crippen molar-refractivity contribution in [1.29, 1.82) is 0 Å². The lowest BCUT2D eigenvalue weighted by Crippen LogP contribution is -2.37. The van der Waals surface area contributed by atoms with E-state index in [0.29, 0.717) is 41.3 Å². The van der Waals surface area contributed by atoms with Crippen molar-refractivity contribution in [1.82, 2.24) is 3.97 Å². The first-order valence-corrected chi connectivity index (χ1v) is 19.5. The Morgan fingerprint density at radius 2 is 1.29 bits per heavy atom. The molecule has 1 unspecified atom stereocenters. The van der Waals surface area contributed by atoms with E-state index in [1.54, 1.807) is 48.5 Å². The third-order valence-electron chi connectivity index (χ3n) is 8.28. The highest BCUT2D eigenvalue weighted by Crippen LogP contribution is 2.45. The van der Waals surface area contributed by atoms with Gasteiger partial charge in [-0.1, -0.05) is 109 Å². The van der Waals surface area contributed by atoms with Gasteiger partial charge in [0.15, 0.2) is 0 Å². The first-order valence-electron chi connectivity index (χ1n) is 15.4. The monoisotopic (exact) mass is 696 g/mol. The van der Waals surface area contributed by atoms with E-state index >= 15 is 0 Å². The number of nitrogens with one attached hydrogen (secondary N) is 1.